The molecule has 1 atom stereocenters. The van der Waals surface area contributed by atoms with Gasteiger partial charge < -0.3 is 5.11 Å². The van der Waals surface area contributed by atoms with Gasteiger partial charge in [-0.15, -0.1) is 0 Å². The number of aromatic hydroxyl groups is 1. The highest BCUT2D eigenvalue weighted by atomic mass is 16.3. The summed E-state index contributed by atoms with van der Waals surface area (Å²) in [4.78, 5) is 0. The molecule has 1 nitrogen and oxygen atoms in total. The summed E-state index contributed by atoms with van der Waals surface area (Å²) in [6.45, 7) is 11.5. The number of rotatable bonds is 3. The molecule has 20 heavy (non-hydrogen) atoms. The molecule has 0 aliphatic rings. The van der Waals surface area contributed by atoms with E-state index in [4.69, 9.17) is 0 Å². The second-order valence-electron chi connectivity index (χ2n) is 7.33. The maximum absolute atomic E-state index is 10.0. The van der Waals surface area contributed by atoms with Crippen LogP contribution in [-0.4, -0.2) is 5.11 Å². The first-order valence-electron chi connectivity index (χ1n) is 7.50. The summed E-state index contributed by atoms with van der Waals surface area (Å²) in [6, 6.07) is 12.1. The van der Waals surface area contributed by atoms with E-state index in [1.807, 2.05) is 18.2 Å². The number of phenolic OH excluding ortho intramolecular Hbond substituents is 1. The minimum Gasteiger partial charge on any atom is -0.507 e. The number of hydrogen-bond acceptors (Lipinski definition) is 1. The van der Waals surface area contributed by atoms with Gasteiger partial charge in [0.1, 0.15) is 5.75 Å². The van der Waals surface area contributed by atoms with Crippen molar-refractivity contribution >= 4 is 10.8 Å². The summed E-state index contributed by atoms with van der Waals surface area (Å²) in [7, 11) is 0. The van der Waals surface area contributed by atoms with Crippen LogP contribution >= 0.6 is 0 Å². The summed E-state index contributed by atoms with van der Waals surface area (Å²) in [5.74, 6) is 1.48. The Bertz CT molecular complexity index is 590. The van der Waals surface area contributed by atoms with Crippen molar-refractivity contribution in [3.05, 3.63) is 42.0 Å². The lowest BCUT2D eigenvalue weighted by Crippen LogP contribution is -2.16. The van der Waals surface area contributed by atoms with Gasteiger partial charge in [0.05, 0.1) is 0 Å². The van der Waals surface area contributed by atoms with Gasteiger partial charge in [0.25, 0.3) is 0 Å². The van der Waals surface area contributed by atoms with Gasteiger partial charge in [-0.1, -0.05) is 65.0 Å². The molecule has 1 unspecified atom stereocenters. The summed E-state index contributed by atoms with van der Waals surface area (Å²) in [5.41, 5.74) is 1.66. The highest BCUT2D eigenvalue weighted by molar-refractivity contribution is 5.91. The molecule has 0 radical (unpaired) electrons. The Morgan fingerprint density at radius 3 is 2.10 bits per heavy atom. The minimum atomic E-state index is 0.300. The van der Waals surface area contributed by atoms with Crippen molar-refractivity contribution in [2.45, 2.75) is 47.0 Å². The highest BCUT2D eigenvalue weighted by Crippen LogP contribution is 2.40. The van der Waals surface area contributed by atoms with E-state index >= 15 is 0 Å². The van der Waals surface area contributed by atoms with Gasteiger partial charge in [-0.25, -0.2) is 0 Å². The monoisotopic (exact) mass is 270 g/mol. The lowest BCUT2D eigenvalue weighted by molar-refractivity contribution is 0.302. The first-order valence-corrected chi connectivity index (χ1v) is 7.50. The Morgan fingerprint density at radius 1 is 0.950 bits per heavy atom. The van der Waals surface area contributed by atoms with E-state index in [9.17, 15) is 5.11 Å². The molecule has 1 N–H and O–H groups in total. The number of phenols is 1. The smallest absolute Gasteiger partial charge is 0.123 e. The third-order valence-corrected chi connectivity index (χ3v) is 3.97. The molecule has 0 saturated heterocycles. The second kappa shape index (κ2) is 5.47. The van der Waals surface area contributed by atoms with Crippen molar-refractivity contribution in [2.75, 3.05) is 0 Å². The van der Waals surface area contributed by atoms with Gasteiger partial charge in [-0.2, -0.15) is 0 Å². The average molecular weight is 270 g/mol. The Kier molecular flexibility index (Phi) is 4.08. The van der Waals surface area contributed by atoms with E-state index in [-0.39, 0.29) is 0 Å². The summed E-state index contributed by atoms with van der Waals surface area (Å²) < 4.78 is 0. The van der Waals surface area contributed by atoms with Crippen molar-refractivity contribution < 1.29 is 5.11 Å². The van der Waals surface area contributed by atoms with Crippen LogP contribution in [0.4, 0.5) is 0 Å². The SMILES string of the molecule is CC(C)C(CC(C)(C)C)c1ccc(O)c2ccccc12. The number of benzene rings is 2. The number of hydrogen-bond donors (Lipinski definition) is 1. The summed E-state index contributed by atoms with van der Waals surface area (Å²) in [6.07, 6.45) is 1.15. The molecule has 0 aliphatic heterocycles. The predicted octanol–water partition coefficient (Wildman–Crippen LogP) is 5.72. The van der Waals surface area contributed by atoms with Crippen LogP contribution in [0, 0.1) is 11.3 Å². The molecule has 0 aromatic heterocycles. The van der Waals surface area contributed by atoms with E-state index in [1.165, 1.54) is 10.9 Å². The standard InChI is InChI=1S/C19H26O/c1-13(2)17(12-19(3,4)5)15-10-11-18(20)16-9-7-6-8-14(15)16/h6-11,13,17,20H,12H2,1-5H3. The largest absolute Gasteiger partial charge is 0.507 e. The van der Waals surface area contributed by atoms with Crippen molar-refractivity contribution in [3.63, 3.8) is 0 Å². The zero-order valence-corrected chi connectivity index (χ0v) is 13.3. The highest BCUT2D eigenvalue weighted by Gasteiger charge is 2.24. The molecule has 0 aliphatic carbocycles. The van der Waals surface area contributed by atoms with Crippen molar-refractivity contribution in [3.8, 4) is 5.75 Å². The molecular weight excluding hydrogens is 244 g/mol. The topological polar surface area (TPSA) is 20.2 Å². The van der Waals surface area contributed by atoms with Gasteiger partial charge in [-0.05, 0) is 40.7 Å². The van der Waals surface area contributed by atoms with Crippen LogP contribution < -0.4 is 0 Å². The minimum absolute atomic E-state index is 0.300. The van der Waals surface area contributed by atoms with Crippen LogP contribution in [0.2, 0.25) is 0 Å². The molecule has 2 aromatic rings. The van der Waals surface area contributed by atoms with Crippen LogP contribution in [0.25, 0.3) is 10.8 Å². The van der Waals surface area contributed by atoms with Crippen LogP contribution in [0.15, 0.2) is 36.4 Å². The van der Waals surface area contributed by atoms with E-state index in [1.54, 1.807) is 0 Å². The average Bonchev–Trinajstić information content (AvgIpc) is 2.36. The van der Waals surface area contributed by atoms with Crippen LogP contribution in [0.1, 0.15) is 52.5 Å². The van der Waals surface area contributed by atoms with Crippen molar-refractivity contribution in [1.82, 2.24) is 0 Å². The molecular formula is C19H26O. The first kappa shape index (κ1) is 14.9. The first-order chi connectivity index (χ1) is 9.29. The van der Waals surface area contributed by atoms with Crippen molar-refractivity contribution in [2.24, 2.45) is 11.3 Å². The quantitative estimate of drug-likeness (QED) is 0.756. The molecule has 2 rings (SSSR count). The van der Waals surface area contributed by atoms with Gasteiger partial charge >= 0.3 is 0 Å². The number of fused-ring (bicyclic) bond motifs is 1. The fourth-order valence-corrected chi connectivity index (χ4v) is 2.99. The van der Waals surface area contributed by atoms with E-state index in [0.717, 1.165) is 11.8 Å². The molecule has 0 heterocycles. The molecule has 0 spiro atoms. The van der Waals surface area contributed by atoms with E-state index < -0.39 is 0 Å². The van der Waals surface area contributed by atoms with E-state index in [2.05, 4.69) is 52.8 Å². The summed E-state index contributed by atoms with van der Waals surface area (Å²) in [5, 5.41) is 12.2. The Balaban J connectivity index is 2.57. The molecule has 1 heteroatoms. The predicted molar refractivity (Wildman–Crippen MR) is 87.3 cm³/mol. The van der Waals surface area contributed by atoms with Gasteiger partial charge in [0.15, 0.2) is 0 Å². The Labute approximate surface area is 122 Å². The normalized spacial score (nSPS) is 13.9. The molecule has 0 saturated carbocycles. The zero-order chi connectivity index (χ0) is 14.9. The lowest BCUT2D eigenvalue weighted by atomic mass is 9.75. The fraction of sp³-hybridized carbons (Fsp3) is 0.474. The van der Waals surface area contributed by atoms with Crippen LogP contribution in [0.5, 0.6) is 5.75 Å². The van der Waals surface area contributed by atoms with Gasteiger partial charge in [0, 0.05) is 5.39 Å². The van der Waals surface area contributed by atoms with Crippen LogP contribution in [0.3, 0.4) is 0 Å². The fourth-order valence-electron chi connectivity index (χ4n) is 2.99. The molecule has 108 valence electrons. The van der Waals surface area contributed by atoms with Gasteiger partial charge in [-0.3, -0.25) is 0 Å². The second-order valence-corrected chi connectivity index (χ2v) is 7.33. The van der Waals surface area contributed by atoms with Gasteiger partial charge in [0.2, 0.25) is 0 Å². The lowest BCUT2D eigenvalue weighted by Gasteiger charge is -2.30. The Hall–Kier alpha value is -1.50. The molecule has 0 fully saturated rings. The maximum Gasteiger partial charge on any atom is 0.123 e. The maximum atomic E-state index is 10.0. The van der Waals surface area contributed by atoms with E-state index in [0.29, 0.717) is 23.0 Å². The molecule has 2 aromatic carbocycles. The van der Waals surface area contributed by atoms with Crippen molar-refractivity contribution in [1.29, 1.82) is 0 Å². The third-order valence-electron chi connectivity index (χ3n) is 3.97. The van der Waals surface area contributed by atoms with Crippen LogP contribution in [-0.2, 0) is 0 Å². The third kappa shape index (κ3) is 3.15. The Morgan fingerprint density at radius 2 is 1.55 bits per heavy atom. The zero-order valence-electron chi connectivity index (χ0n) is 13.3. The molecule has 0 amide bonds. The molecule has 0 bridgehead atoms. The summed E-state index contributed by atoms with van der Waals surface area (Å²) >= 11 is 0.